The highest BCUT2D eigenvalue weighted by Crippen LogP contribution is 2.35. The molecular formula is C45H33N5Si. The van der Waals surface area contributed by atoms with Crippen LogP contribution in [0.15, 0.2) is 164 Å². The zero-order valence-electron chi connectivity index (χ0n) is 28.3. The van der Waals surface area contributed by atoms with Gasteiger partial charge in [-0.2, -0.15) is 0 Å². The highest BCUT2D eigenvalue weighted by molar-refractivity contribution is 7.03. The topological polar surface area (TPSA) is 64.5 Å². The zero-order chi connectivity index (χ0) is 34.4. The molecule has 8 aromatic rings. The molecule has 0 saturated heterocycles. The summed E-state index contributed by atoms with van der Waals surface area (Å²) < 4.78 is 0. The van der Waals surface area contributed by atoms with Crippen LogP contribution in [-0.4, -0.2) is 33.0 Å². The Hall–Kier alpha value is -6.37. The van der Waals surface area contributed by atoms with Crippen molar-refractivity contribution in [3.63, 3.8) is 0 Å². The van der Waals surface area contributed by atoms with Crippen molar-refractivity contribution in [3.05, 3.63) is 164 Å². The lowest BCUT2D eigenvalue weighted by atomic mass is 9.98. The van der Waals surface area contributed by atoms with Gasteiger partial charge in [-0.05, 0) is 68.5 Å². The minimum atomic E-state index is -1.92. The van der Waals surface area contributed by atoms with Crippen molar-refractivity contribution >= 4 is 18.4 Å². The average Bonchev–Trinajstić information content (AvgIpc) is 3.43. The van der Waals surface area contributed by atoms with E-state index in [1.165, 1.54) is 27.1 Å². The van der Waals surface area contributed by atoms with E-state index in [2.05, 4.69) is 109 Å². The number of nitrogens with zero attached hydrogens (tertiary/aromatic N) is 5. The van der Waals surface area contributed by atoms with E-state index in [0.717, 1.165) is 44.8 Å². The Bertz CT molecular complexity index is 2520. The summed E-state index contributed by atoms with van der Waals surface area (Å²) in [6, 6.07) is 52.8. The van der Waals surface area contributed by atoms with Crippen molar-refractivity contribution in [2.24, 2.45) is 0 Å². The van der Waals surface area contributed by atoms with Crippen molar-refractivity contribution in [1.82, 2.24) is 24.9 Å². The summed E-state index contributed by atoms with van der Waals surface area (Å²) in [7, 11) is -1.92. The van der Waals surface area contributed by atoms with Gasteiger partial charge in [0.2, 0.25) is 0 Å². The molecule has 0 spiro atoms. The van der Waals surface area contributed by atoms with Crippen LogP contribution in [0.4, 0.5) is 0 Å². The molecule has 0 N–H and O–H groups in total. The Kier molecular flexibility index (Phi) is 7.52. The molecule has 0 atom stereocenters. The van der Waals surface area contributed by atoms with E-state index in [9.17, 15) is 0 Å². The predicted molar refractivity (Wildman–Crippen MR) is 210 cm³/mol. The molecule has 51 heavy (non-hydrogen) atoms. The number of hydrogen-bond donors (Lipinski definition) is 0. The van der Waals surface area contributed by atoms with E-state index < -0.39 is 8.07 Å². The van der Waals surface area contributed by atoms with Crippen molar-refractivity contribution in [2.75, 3.05) is 0 Å². The molecule has 0 bridgehead atoms. The monoisotopic (exact) mass is 671 g/mol. The third-order valence-electron chi connectivity index (χ3n) is 9.88. The third kappa shape index (κ3) is 5.65. The molecular weight excluding hydrogens is 639 g/mol. The maximum absolute atomic E-state index is 5.09. The zero-order valence-corrected chi connectivity index (χ0v) is 29.3. The van der Waals surface area contributed by atoms with Crippen molar-refractivity contribution in [2.45, 2.75) is 13.1 Å². The van der Waals surface area contributed by atoms with Gasteiger partial charge in [0.1, 0.15) is 8.07 Å². The highest BCUT2D eigenvalue weighted by atomic mass is 28.3. The van der Waals surface area contributed by atoms with Crippen LogP contribution in [0.3, 0.4) is 0 Å². The molecule has 1 aliphatic rings. The normalized spacial score (nSPS) is 12.7. The second kappa shape index (κ2) is 12.5. The summed E-state index contributed by atoms with van der Waals surface area (Å²) in [6.07, 6.45) is 3.75. The lowest BCUT2D eigenvalue weighted by Gasteiger charge is -2.19. The molecule has 1 aliphatic heterocycles. The summed E-state index contributed by atoms with van der Waals surface area (Å²) in [6.45, 7) is 4.88. The molecule has 0 fully saturated rings. The van der Waals surface area contributed by atoms with Crippen LogP contribution >= 0.6 is 0 Å². The van der Waals surface area contributed by atoms with Crippen molar-refractivity contribution in [3.8, 4) is 78.9 Å². The fourth-order valence-electron chi connectivity index (χ4n) is 7.11. The molecule has 0 aliphatic carbocycles. The summed E-state index contributed by atoms with van der Waals surface area (Å²) in [4.78, 5) is 24.3. The van der Waals surface area contributed by atoms with Crippen LogP contribution in [0, 0.1) is 0 Å². The second-order valence-corrected chi connectivity index (χ2v) is 17.7. The SMILES string of the molecule is C[Si]1(C)c2ccc(-c3ccc(-c4ccccn4)nc3)cc2-c2cc(-c3nc(-c4ccccc4)nc(-c4ccc(-c5ccccc5)cc4)n3)ccc21. The molecule has 0 saturated carbocycles. The first-order chi connectivity index (χ1) is 25.0. The molecule has 0 radical (unpaired) electrons. The molecule has 0 amide bonds. The number of pyridine rings is 2. The van der Waals surface area contributed by atoms with Crippen molar-refractivity contribution < 1.29 is 0 Å². The molecule has 5 aromatic carbocycles. The van der Waals surface area contributed by atoms with Gasteiger partial charge in [0.25, 0.3) is 0 Å². The maximum atomic E-state index is 5.09. The van der Waals surface area contributed by atoms with Gasteiger partial charge in [-0.3, -0.25) is 9.97 Å². The van der Waals surface area contributed by atoms with Gasteiger partial charge >= 0.3 is 0 Å². The number of benzene rings is 5. The summed E-state index contributed by atoms with van der Waals surface area (Å²) in [5.74, 6) is 1.97. The first-order valence-corrected chi connectivity index (χ1v) is 20.2. The minimum Gasteiger partial charge on any atom is -0.255 e. The Labute approximate surface area is 298 Å². The highest BCUT2D eigenvalue weighted by Gasteiger charge is 2.37. The molecule has 9 rings (SSSR count). The van der Waals surface area contributed by atoms with Crippen LogP contribution < -0.4 is 10.4 Å². The standard InChI is InChI=1S/C45H33N5Si/c1-51(2)41-24-21-34(36-20-23-40(47-29-36)39-15-9-10-26-46-39)27-37(41)38-28-35(22-25-42(38)51)45-49-43(32-13-7-4-8-14-32)48-44(50-45)33-18-16-31(17-19-33)30-11-5-3-6-12-30/h3-29H,1-2H3. The van der Waals surface area contributed by atoms with Crippen LogP contribution in [0.5, 0.6) is 0 Å². The molecule has 242 valence electrons. The maximum Gasteiger partial charge on any atom is 0.164 e. The minimum absolute atomic E-state index is 0.651. The lowest BCUT2D eigenvalue weighted by molar-refractivity contribution is 1.07. The molecule has 6 heteroatoms. The van der Waals surface area contributed by atoms with Crippen LogP contribution in [0.1, 0.15) is 0 Å². The van der Waals surface area contributed by atoms with Crippen molar-refractivity contribution in [1.29, 1.82) is 0 Å². The average molecular weight is 672 g/mol. The third-order valence-corrected chi connectivity index (χ3v) is 13.4. The lowest BCUT2D eigenvalue weighted by Crippen LogP contribution is -2.49. The fraction of sp³-hybridized carbons (Fsp3) is 0.0444. The number of rotatable bonds is 6. The van der Waals surface area contributed by atoms with Gasteiger partial charge in [-0.25, -0.2) is 15.0 Å². The summed E-state index contributed by atoms with van der Waals surface area (Å²) in [5.41, 5.74) is 11.7. The Morgan fingerprint density at radius 3 is 1.45 bits per heavy atom. The first kappa shape index (κ1) is 30.7. The smallest absolute Gasteiger partial charge is 0.164 e. The second-order valence-electron chi connectivity index (χ2n) is 13.4. The van der Waals surface area contributed by atoms with E-state index in [1.54, 1.807) is 6.20 Å². The molecule has 4 heterocycles. The van der Waals surface area contributed by atoms with Gasteiger partial charge in [0, 0.05) is 34.6 Å². The Morgan fingerprint density at radius 2 is 0.843 bits per heavy atom. The first-order valence-electron chi connectivity index (χ1n) is 17.2. The Balaban J connectivity index is 1.12. The van der Waals surface area contributed by atoms with E-state index in [4.69, 9.17) is 19.9 Å². The van der Waals surface area contributed by atoms with Gasteiger partial charge in [-0.15, -0.1) is 0 Å². The molecule has 5 nitrogen and oxygen atoms in total. The van der Waals surface area contributed by atoms with Crippen LogP contribution in [-0.2, 0) is 0 Å². The Morgan fingerprint density at radius 1 is 0.373 bits per heavy atom. The summed E-state index contributed by atoms with van der Waals surface area (Å²) in [5, 5.41) is 2.87. The quantitative estimate of drug-likeness (QED) is 0.165. The number of hydrogen-bond acceptors (Lipinski definition) is 5. The van der Waals surface area contributed by atoms with Gasteiger partial charge in [-0.1, -0.05) is 134 Å². The molecule has 0 unspecified atom stereocenters. The number of aromatic nitrogens is 5. The number of fused-ring (bicyclic) bond motifs is 3. The van der Waals surface area contributed by atoms with Gasteiger partial charge < -0.3 is 0 Å². The van der Waals surface area contributed by atoms with Crippen LogP contribution in [0.2, 0.25) is 13.1 Å². The summed E-state index contributed by atoms with van der Waals surface area (Å²) >= 11 is 0. The van der Waals surface area contributed by atoms with Gasteiger partial charge in [0.05, 0.1) is 11.4 Å². The van der Waals surface area contributed by atoms with Crippen LogP contribution in [0.25, 0.3) is 78.9 Å². The molecule has 3 aromatic heterocycles. The van der Waals surface area contributed by atoms with E-state index in [1.807, 2.05) is 66.9 Å². The largest absolute Gasteiger partial charge is 0.255 e. The van der Waals surface area contributed by atoms with E-state index in [-0.39, 0.29) is 0 Å². The van der Waals surface area contributed by atoms with E-state index >= 15 is 0 Å². The fourth-order valence-corrected chi connectivity index (χ4v) is 10.2. The van der Waals surface area contributed by atoms with Gasteiger partial charge in [0.15, 0.2) is 17.5 Å². The predicted octanol–water partition coefficient (Wildman–Crippen LogP) is 9.47. The van der Waals surface area contributed by atoms with E-state index in [0.29, 0.717) is 17.5 Å².